The molecule has 0 saturated carbocycles. The van der Waals surface area contributed by atoms with Crippen LogP contribution in [0.15, 0.2) is 30.6 Å². The lowest BCUT2D eigenvalue weighted by molar-refractivity contribution is -0.116. The van der Waals surface area contributed by atoms with Gasteiger partial charge < -0.3 is 11.1 Å². The molecule has 0 aliphatic heterocycles. The predicted octanol–water partition coefficient (Wildman–Crippen LogP) is 1.67. The first-order valence-corrected chi connectivity index (χ1v) is 6.09. The van der Waals surface area contributed by atoms with E-state index in [1.54, 1.807) is 13.3 Å². The Morgan fingerprint density at radius 2 is 2.25 bits per heavy atom. The fourth-order valence-corrected chi connectivity index (χ4v) is 1.78. The smallest absolute Gasteiger partial charge is 0.225 e. The number of amides is 1. The Kier molecular flexibility index (Phi) is 5.66. The lowest BCUT2D eigenvalue weighted by Crippen LogP contribution is -2.24. The summed E-state index contributed by atoms with van der Waals surface area (Å²) < 4.78 is 1.85. The monoisotopic (exact) mass is 295 g/mol. The van der Waals surface area contributed by atoms with Crippen LogP contribution in [0, 0.1) is 6.92 Å². The molecule has 0 aliphatic rings. The van der Waals surface area contributed by atoms with E-state index in [1.165, 1.54) is 0 Å². The molecule has 1 amide bonds. The average Bonchev–Trinajstić information content (AvgIpc) is 2.74. The number of halogens is 1. The van der Waals surface area contributed by atoms with Crippen molar-refractivity contribution in [1.29, 1.82) is 0 Å². The minimum absolute atomic E-state index is 0. The van der Waals surface area contributed by atoms with E-state index in [1.807, 2.05) is 35.8 Å². The Bertz CT molecular complexity index is 582. The van der Waals surface area contributed by atoms with Crippen molar-refractivity contribution in [2.24, 2.45) is 5.73 Å². The summed E-state index contributed by atoms with van der Waals surface area (Å²) in [5, 5.41) is 10.6. The summed E-state index contributed by atoms with van der Waals surface area (Å²) in [5.74, 6) is 0.701. The lowest BCUT2D eigenvalue weighted by atomic mass is 10.2. The summed E-state index contributed by atoms with van der Waals surface area (Å²) in [5.41, 5.74) is 7.23. The van der Waals surface area contributed by atoms with Crippen LogP contribution in [-0.2, 0) is 4.79 Å². The number of nitrogens with zero attached hydrogens (tertiary/aromatic N) is 3. The highest BCUT2D eigenvalue weighted by atomic mass is 35.5. The van der Waals surface area contributed by atoms with Gasteiger partial charge in [-0.25, -0.2) is 0 Å². The van der Waals surface area contributed by atoms with Crippen LogP contribution in [0.2, 0.25) is 0 Å². The SMILES string of the molecule is Cc1nncn1-c1cccc(NC(=O)CC(C)N)c1.Cl. The Balaban J connectivity index is 0.00000200. The van der Waals surface area contributed by atoms with Crippen molar-refractivity contribution in [3.05, 3.63) is 36.4 Å². The predicted molar refractivity (Wildman–Crippen MR) is 80.2 cm³/mol. The highest BCUT2D eigenvalue weighted by Crippen LogP contribution is 2.15. The number of carbonyl (C=O) groups excluding carboxylic acids is 1. The van der Waals surface area contributed by atoms with E-state index >= 15 is 0 Å². The van der Waals surface area contributed by atoms with Gasteiger partial charge in [0.2, 0.25) is 5.91 Å². The number of benzene rings is 1. The van der Waals surface area contributed by atoms with Crippen LogP contribution in [-0.4, -0.2) is 26.7 Å². The van der Waals surface area contributed by atoms with Crippen molar-refractivity contribution < 1.29 is 4.79 Å². The molecular weight excluding hydrogens is 278 g/mol. The first kappa shape index (κ1) is 16.1. The molecule has 0 aliphatic carbocycles. The standard InChI is InChI=1S/C13H17N5O.ClH/c1-9(14)6-13(19)16-11-4-3-5-12(7-11)18-8-15-17-10(18)2;/h3-5,7-9H,6,14H2,1-2H3,(H,16,19);1H. The minimum atomic E-state index is -0.150. The summed E-state index contributed by atoms with van der Waals surface area (Å²) in [4.78, 5) is 11.7. The molecule has 7 heteroatoms. The average molecular weight is 296 g/mol. The fraction of sp³-hybridized carbons (Fsp3) is 0.308. The Hall–Kier alpha value is -1.92. The highest BCUT2D eigenvalue weighted by molar-refractivity contribution is 5.91. The molecule has 2 rings (SSSR count). The second-order valence-electron chi connectivity index (χ2n) is 4.53. The molecule has 0 saturated heterocycles. The van der Waals surface area contributed by atoms with E-state index in [4.69, 9.17) is 5.73 Å². The van der Waals surface area contributed by atoms with Gasteiger partial charge in [0.15, 0.2) is 0 Å². The molecule has 0 fully saturated rings. The molecule has 1 unspecified atom stereocenters. The second-order valence-corrected chi connectivity index (χ2v) is 4.53. The zero-order valence-electron chi connectivity index (χ0n) is 11.4. The summed E-state index contributed by atoms with van der Waals surface area (Å²) in [6.07, 6.45) is 1.94. The first-order valence-electron chi connectivity index (χ1n) is 6.09. The van der Waals surface area contributed by atoms with Crippen molar-refractivity contribution in [1.82, 2.24) is 14.8 Å². The molecule has 108 valence electrons. The maximum absolute atomic E-state index is 11.7. The summed E-state index contributed by atoms with van der Waals surface area (Å²) >= 11 is 0. The normalized spacial score (nSPS) is 11.6. The van der Waals surface area contributed by atoms with Crippen LogP contribution in [0.1, 0.15) is 19.2 Å². The number of aromatic nitrogens is 3. The topological polar surface area (TPSA) is 85.8 Å². The molecule has 1 atom stereocenters. The molecule has 1 aromatic carbocycles. The molecular formula is C13H18ClN5O. The molecule has 0 bridgehead atoms. The Morgan fingerprint density at radius 1 is 1.50 bits per heavy atom. The third kappa shape index (κ3) is 4.04. The summed E-state index contributed by atoms with van der Waals surface area (Å²) in [7, 11) is 0. The van der Waals surface area contributed by atoms with E-state index in [0.29, 0.717) is 6.42 Å². The largest absolute Gasteiger partial charge is 0.327 e. The number of nitrogens with two attached hydrogens (primary N) is 1. The van der Waals surface area contributed by atoms with Crippen LogP contribution in [0.3, 0.4) is 0 Å². The van der Waals surface area contributed by atoms with Gasteiger partial charge in [0.05, 0.1) is 5.69 Å². The third-order valence-electron chi connectivity index (χ3n) is 2.63. The number of aryl methyl sites for hydroxylation is 1. The number of rotatable bonds is 4. The molecule has 20 heavy (non-hydrogen) atoms. The maximum Gasteiger partial charge on any atom is 0.225 e. The number of nitrogens with one attached hydrogen (secondary N) is 1. The van der Waals surface area contributed by atoms with Crippen LogP contribution in [0.5, 0.6) is 0 Å². The minimum Gasteiger partial charge on any atom is -0.327 e. The van der Waals surface area contributed by atoms with Gasteiger partial charge in [0.25, 0.3) is 0 Å². The van der Waals surface area contributed by atoms with Crippen molar-refractivity contribution >= 4 is 24.0 Å². The van der Waals surface area contributed by atoms with Gasteiger partial charge in [-0.15, -0.1) is 22.6 Å². The van der Waals surface area contributed by atoms with Crippen LogP contribution >= 0.6 is 12.4 Å². The van der Waals surface area contributed by atoms with E-state index in [-0.39, 0.29) is 24.4 Å². The maximum atomic E-state index is 11.7. The van der Waals surface area contributed by atoms with Gasteiger partial charge in [-0.1, -0.05) is 6.07 Å². The Labute approximate surface area is 123 Å². The highest BCUT2D eigenvalue weighted by Gasteiger charge is 2.07. The van der Waals surface area contributed by atoms with Crippen molar-refractivity contribution in [2.75, 3.05) is 5.32 Å². The van der Waals surface area contributed by atoms with Crippen LogP contribution in [0.4, 0.5) is 5.69 Å². The molecule has 0 radical (unpaired) electrons. The van der Waals surface area contributed by atoms with Crippen molar-refractivity contribution in [3.63, 3.8) is 0 Å². The molecule has 0 spiro atoms. The van der Waals surface area contributed by atoms with E-state index < -0.39 is 0 Å². The van der Waals surface area contributed by atoms with E-state index in [9.17, 15) is 4.79 Å². The van der Waals surface area contributed by atoms with E-state index in [0.717, 1.165) is 17.2 Å². The molecule has 3 N–H and O–H groups in total. The third-order valence-corrected chi connectivity index (χ3v) is 2.63. The number of hydrogen-bond donors (Lipinski definition) is 2. The van der Waals surface area contributed by atoms with Gasteiger partial charge in [-0.3, -0.25) is 9.36 Å². The zero-order chi connectivity index (χ0) is 13.8. The van der Waals surface area contributed by atoms with Gasteiger partial charge in [0, 0.05) is 18.2 Å². The first-order chi connectivity index (χ1) is 9.06. The van der Waals surface area contributed by atoms with Crippen molar-refractivity contribution in [3.8, 4) is 5.69 Å². The Morgan fingerprint density at radius 3 is 2.85 bits per heavy atom. The fourth-order valence-electron chi connectivity index (χ4n) is 1.78. The van der Waals surface area contributed by atoms with Crippen molar-refractivity contribution in [2.45, 2.75) is 26.3 Å². The van der Waals surface area contributed by atoms with Crippen LogP contribution < -0.4 is 11.1 Å². The number of anilines is 1. The number of carbonyl (C=O) groups is 1. The summed E-state index contributed by atoms with van der Waals surface area (Å²) in [6.45, 7) is 3.67. The molecule has 2 aromatic rings. The zero-order valence-corrected chi connectivity index (χ0v) is 12.2. The van der Waals surface area contributed by atoms with Gasteiger partial charge in [0.1, 0.15) is 12.2 Å². The van der Waals surface area contributed by atoms with Crippen LogP contribution in [0.25, 0.3) is 5.69 Å². The molecule has 1 aromatic heterocycles. The molecule has 1 heterocycles. The number of hydrogen-bond acceptors (Lipinski definition) is 4. The van der Waals surface area contributed by atoms with Gasteiger partial charge in [-0.05, 0) is 32.0 Å². The van der Waals surface area contributed by atoms with E-state index in [2.05, 4.69) is 15.5 Å². The van der Waals surface area contributed by atoms with Gasteiger partial charge >= 0.3 is 0 Å². The van der Waals surface area contributed by atoms with Gasteiger partial charge in [-0.2, -0.15) is 0 Å². The summed E-state index contributed by atoms with van der Waals surface area (Å²) in [6, 6.07) is 7.36. The quantitative estimate of drug-likeness (QED) is 0.898. The lowest BCUT2D eigenvalue weighted by Gasteiger charge is -2.09. The molecule has 6 nitrogen and oxygen atoms in total. The second kappa shape index (κ2) is 7.02.